The predicted octanol–water partition coefficient (Wildman–Crippen LogP) is 2.96. The zero-order chi connectivity index (χ0) is 22.2. The number of aromatic nitrogens is 8. The Morgan fingerprint density at radius 1 is 1.16 bits per heavy atom. The highest BCUT2D eigenvalue weighted by Crippen LogP contribution is 2.24. The first-order chi connectivity index (χ1) is 15.5. The highest BCUT2D eigenvalue weighted by atomic mass is 32.2. The second-order valence-electron chi connectivity index (χ2n) is 7.27. The van der Waals surface area contributed by atoms with Crippen LogP contribution in [0.3, 0.4) is 0 Å². The van der Waals surface area contributed by atoms with Gasteiger partial charge in [-0.15, -0.1) is 5.10 Å². The van der Waals surface area contributed by atoms with Gasteiger partial charge in [0.2, 0.25) is 5.16 Å². The van der Waals surface area contributed by atoms with Gasteiger partial charge < -0.3 is 5.32 Å². The minimum absolute atomic E-state index is 0.249. The number of benzene rings is 1. The van der Waals surface area contributed by atoms with Crippen LogP contribution in [0.1, 0.15) is 27.3 Å². The van der Waals surface area contributed by atoms with Gasteiger partial charge in [-0.25, -0.2) is 19.5 Å². The van der Waals surface area contributed by atoms with Crippen LogP contribution in [0.5, 0.6) is 0 Å². The molecule has 0 aliphatic heterocycles. The first kappa shape index (κ1) is 20.1. The second-order valence-corrected chi connectivity index (χ2v) is 8.22. The first-order valence-corrected chi connectivity index (χ1v) is 10.8. The maximum absolute atomic E-state index is 13.1. The van der Waals surface area contributed by atoms with E-state index in [1.165, 1.54) is 18.1 Å². The minimum atomic E-state index is -0.249. The third-order valence-corrected chi connectivity index (χ3v) is 5.87. The molecule has 1 aromatic carbocycles. The average Bonchev–Trinajstić information content (AvgIpc) is 3.37. The first-order valence-electron chi connectivity index (χ1n) is 9.85. The lowest BCUT2D eigenvalue weighted by atomic mass is 10.1. The zero-order valence-corrected chi connectivity index (χ0v) is 18.5. The van der Waals surface area contributed by atoms with E-state index in [2.05, 4.69) is 35.5 Å². The summed E-state index contributed by atoms with van der Waals surface area (Å²) in [4.78, 5) is 30.4. The number of hydrogen-bond acceptors (Lipinski definition) is 8. The summed E-state index contributed by atoms with van der Waals surface area (Å²) in [5.74, 6) is 1.28. The number of thioether (sulfide) groups is 1. The van der Waals surface area contributed by atoms with E-state index in [0.29, 0.717) is 39.1 Å². The monoisotopic (exact) mass is 445 g/mol. The van der Waals surface area contributed by atoms with Gasteiger partial charge in [0.1, 0.15) is 12.1 Å². The second kappa shape index (κ2) is 8.00. The van der Waals surface area contributed by atoms with E-state index in [4.69, 9.17) is 0 Å². The number of rotatable bonds is 5. The third-order valence-electron chi connectivity index (χ3n) is 4.98. The van der Waals surface area contributed by atoms with Gasteiger partial charge in [-0.3, -0.25) is 9.48 Å². The van der Waals surface area contributed by atoms with Crippen molar-refractivity contribution in [3.63, 3.8) is 0 Å². The number of fused-ring (bicyclic) bond motifs is 2. The molecule has 4 aromatic heterocycles. The lowest BCUT2D eigenvalue weighted by molar-refractivity contribution is 0.102. The summed E-state index contributed by atoms with van der Waals surface area (Å²) in [7, 11) is 1.79. The van der Waals surface area contributed by atoms with Crippen LogP contribution < -0.4 is 5.32 Å². The fourth-order valence-electron chi connectivity index (χ4n) is 3.46. The lowest BCUT2D eigenvalue weighted by Crippen LogP contribution is -2.15. The largest absolute Gasteiger partial charge is 0.306 e. The number of nitrogens with one attached hydrogen (secondary N) is 1. The fourth-order valence-corrected chi connectivity index (χ4v) is 4.28. The smallest absolute Gasteiger partial charge is 0.257 e. The molecule has 0 spiro atoms. The average molecular weight is 446 g/mol. The van der Waals surface area contributed by atoms with Crippen LogP contribution >= 0.6 is 11.8 Å². The van der Waals surface area contributed by atoms with Crippen molar-refractivity contribution < 1.29 is 4.79 Å². The van der Waals surface area contributed by atoms with Crippen molar-refractivity contribution in [1.29, 1.82) is 0 Å². The Hall–Kier alpha value is -3.86. The molecule has 0 unspecified atom stereocenters. The zero-order valence-electron chi connectivity index (χ0n) is 17.6. The molecule has 32 heavy (non-hydrogen) atoms. The predicted molar refractivity (Wildman–Crippen MR) is 121 cm³/mol. The lowest BCUT2D eigenvalue weighted by Gasteiger charge is -2.09. The van der Waals surface area contributed by atoms with E-state index in [-0.39, 0.29) is 5.91 Å². The molecule has 160 valence electrons. The molecule has 4 heterocycles. The van der Waals surface area contributed by atoms with Crippen molar-refractivity contribution >= 4 is 40.3 Å². The SMILES string of the molecule is Cc1cc(C)n2nc(SCc3ccccc3C(=O)Nc3ncnc4c3cnn4C)nc2n1. The molecule has 1 N–H and O–H groups in total. The Kier molecular flexibility index (Phi) is 5.02. The van der Waals surface area contributed by atoms with Crippen LogP contribution in [0, 0.1) is 13.8 Å². The van der Waals surface area contributed by atoms with Crippen molar-refractivity contribution in [2.24, 2.45) is 7.05 Å². The van der Waals surface area contributed by atoms with Crippen molar-refractivity contribution in [2.45, 2.75) is 24.8 Å². The number of amides is 1. The van der Waals surface area contributed by atoms with Crippen molar-refractivity contribution in [3.05, 3.63) is 65.4 Å². The standard InChI is InChI=1S/C21H19N9OS/c1-12-8-13(2)30-20(25-12)27-21(28-30)32-10-14-6-4-5-7-15(14)19(31)26-17-16-9-24-29(3)18(16)23-11-22-17/h4-9,11H,10H2,1-3H3,(H,22,23,26,31). The van der Waals surface area contributed by atoms with Crippen LogP contribution in [-0.2, 0) is 12.8 Å². The van der Waals surface area contributed by atoms with Crippen LogP contribution in [0.4, 0.5) is 5.82 Å². The van der Waals surface area contributed by atoms with Crippen LogP contribution in [-0.4, -0.2) is 45.2 Å². The number of carbonyl (C=O) groups excluding carboxylic acids is 1. The molecule has 0 fully saturated rings. The molecule has 0 atom stereocenters. The fraction of sp³-hybridized carbons (Fsp3) is 0.190. The van der Waals surface area contributed by atoms with Gasteiger partial charge in [-0.2, -0.15) is 10.1 Å². The van der Waals surface area contributed by atoms with E-state index in [0.717, 1.165) is 17.0 Å². The summed E-state index contributed by atoms with van der Waals surface area (Å²) in [5.41, 5.74) is 3.94. The number of aryl methyl sites for hydroxylation is 3. The number of hydrogen-bond donors (Lipinski definition) is 1. The Labute approximate surface area is 187 Å². The Balaban J connectivity index is 1.38. The quantitative estimate of drug-likeness (QED) is 0.411. The summed E-state index contributed by atoms with van der Waals surface area (Å²) >= 11 is 1.46. The molecule has 5 rings (SSSR count). The molecule has 0 aliphatic rings. The summed E-state index contributed by atoms with van der Waals surface area (Å²) in [6, 6.07) is 9.41. The summed E-state index contributed by atoms with van der Waals surface area (Å²) in [6.07, 6.45) is 3.05. The Bertz CT molecular complexity index is 1470. The molecule has 0 aliphatic carbocycles. The normalized spacial score (nSPS) is 11.3. The summed E-state index contributed by atoms with van der Waals surface area (Å²) in [5, 5.41) is 12.9. The van der Waals surface area contributed by atoms with Crippen molar-refractivity contribution in [3.8, 4) is 0 Å². The van der Waals surface area contributed by atoms with E-state index in [1.54, 1.807) is 28.5 Å². The van der Waals surface area contributed by atoms with Crippen molar-refractivity contribution in [1.82, 2.24) is 39.3 Å². The molecular weight excluding hydrogens is 426 g/mol. The van der Waals surface area contributed by atoms with E-state index in [9.17, 15) is 4.79 Å². The third kappa shape index (κ3) is 3.66. The highest BCUT2D eigenvalue weighted by molar-refractivity contribution is 7.98. The minimum Gasteiger partial charge on any atom is -0.306 e. The van der Waals surface area contributed by atoms with Crippen LogP contribution in [0.2, 0.25) is 0 Å². The van der Waals surface area contributed by atoms with Crippen LogP contribution in [0.15, 0.2) is 48.0 Å². The maximum atomic E-state index is 13.1. The molecular formula is C21H19N9OS. The Morgan fingerprint density at radius 3 is 2.88 bits per heavy atom. The number of nitrogens with zero attached hydrogens (tertiary/aromatic N) is 8. The molecule has 11 heteroatoms. The molecule has 1 amide bonds. The van der Waals surface area contributed by atoms with Gasteiger partial charge in [-0.05, 0) is 31.5 Å². The van der Waals surface area contributed by atoms with Gasteiger partial charge in [-0.1, -0.05) is 30.0 Å². The molecule has 10 nitrogen and oxygen atoms in total. The molecule has 0 bridgehead atoms. The van der Waals surface area contributed by atoms with Gasteiger partial charge in [0.25, 0.3) is 11.7 Å². The van der Waals surface area contributed by atoms with Gasteiger partial charge in [0.15, 0.2) is 5.65 Å². The number of carbonyl (C=O) groups is 1. The van der Waals surface area contributed by atoms with E-state index in [1.807, 2.05) is 38.1 Å². The molecule has 0 radical (unpaired) electrons. The summed E-state index contributed by atoms with van der Waals surface area (Å²) in [6.45, 7) is 3.90. The molecule has 5 aromatic rings. The topological polar surface area (TPSA) is 116 Å². The van der Waals surface area contributed by atoms with Gasteiger partial charge in [0.05, 0.1) is 11.6 Å². The van der Waals surface area contributed by atoms with Crippen molar-refractivity contribution in [2.75, 3.05) is 5.32 Å². The van der Waals surface area contributed by atoms with Crippen LogP contribution in [0.25, 0.3) is 16.8 Å². The number of anilines is 1. The Morgan fingerprint density at radius 2 is 2.00 bits per heavy atom. The summed E-state index contributed by atoms with van der Waals surface area (Å²) < 4.78 is 3.36. The molecule has 0 saturated heterocycles. The van der Waals surface area contributed by atoms with E-state index >= 15 is 0 Å². The van der Waals surface area contributed by atoms with Gasteiger partial charge >= 0.3 is 0 Å². The molecule has 0 saturated carbocycles. The van der Waals surface area contributed by atoms with E-state index < -0.39 is 0 Å². The van der Waals surface area contributed by atoms with Gasteiger partial charge in [0, 0.05) is 29.8 Å². The highest BCUT2D eigenvalue weighted by Gasteiger charge is 2.16. The maximum Gasteiger partial charge on any atom is 0.257 e.